The van der Waals surface area contributed by atoms with Crippen molar-refractivity contribution in [3.05, 3.63) is 103 Å². The van der Waals surface area contributed by atoms with Gasteiger partial charge in [0.2, 0.25) is 5.95 Å². The summed E-state index contributed by atoms with van der Waals surface area (Å²) in [5.41, 5.74) is 4.99. The Labute approximate surface area is 215 Å². The van der Waals surface area contributed by atoms with Crippen LogP contribution < -0.4 is 4.74 Å². The molecule has 0 saturated carbocycles. The normalized spacial score (nSPS) is 12.5. The van der Waals surface area contributed by atoms with E-state index in [2.05, 4.69) is 71.3 Å². The second kappa shape index (κ2) is 6.93. The largest absolute Gasteiger partial charge is 0.456 e. The summed E-state index contributed by atoms with van der Waals surface area (Å²) < 4.78 is 11.0. The molecular formula is C32H17N3OS. The quantitative estimate of drug-likeness (QED) is 0.230. The Morgan fingerprint density at radius 2 is 1.41 bits per heavy atom. The van der Waals surface area contributed by atoms with E-state index in [0.717, 1.165) is 44.7 Å². The van der Waals surface area contributed by atoms with Crippen LogP contribution in [-0.4, -0.2) is 14.5 Å². The van der Waals surface area contributed by atoms with Crippen molar-refractivity contribution in [1.29, 1.82) is 0 Å². The van der Waals surface area contributed by atoms with Gasteiger partial charge >= 0.3 is 0 Å². The van der Waals surface area contributed by atoms with Crippen LogP contribution >= 0.6 is 11.3 Å². The lowest BCUT2D eigenvalue weighted by molar-refractivity contribution is 0.486. The number of fused-ring (bicyclic) bond motifs is 9. The van der Waals surface area contributed by atoms with Gasteiger partial charge in [0.05, 0.1) is 27.6 Å². The van der Waals surface area contributed by atoms with Gasteiger partial charge in [-0.15, -0.1) is 11.3 Å². The summed E-state index contributed by atoms with van der Waals surface area (Å²) in [5, 5.41) is 6.02. The number of rotatable bonds is 1. The van der Waals surface area contributed by atoms with Crippen LogP contribution in [0.3, 0.4) is 0 Å². The molecule has 0 radical (unpaired) electrons. The number of hydrogen-bond donors (Lipinski definition) is 0. The zero-order valence-electron chi connectivity index (χ0n) is 19.5. The Morgan fingerprint density at radius 3 is 2.38 bits per heavy atom. The van der Waals surface area contributed by atoms with Crippen molar-refractivity contribution in [2.75, 3.05) is 0 Å². The van der Waals surface area contributed by atoms with E-state index >= 15 is 0 Å². The molecule has 37 heavy (non-hydrogen) atoms. The summed E-state index contributed by atoms with van der Waals surface area (Å²) in [7, 11) is 0. The molecule has 0 saturated heterocycles. The average molecular weight is 492 g/mol. The van der Waals surface area contributed by atoms with E-state index in [0.29, 0.717) is 5.95 Å². The summed E-state index contributed by atoms with van der Waals surface area (Å²) in [5.74, 6) is 2.29. The first-order valence-electron chi connectivity index (χ1n) is 12.3. The molecule has 5 heteroatoms. The van der Waals surface area contributed by atoms with Gasteiger partial charge in [0.15, 0.2) is 0 Å². The molecule has 172 valence electrons. The molecule has 9 rings (SSSR count). The molecule has 0 spiro atoms. The van der Waals surface area contributed by atoms with Crippen molar-refractivity contribution < 1.29 is 4.74 Å². The molecule has 3 aromatic heterocycles. The minimum atomic E-state index is 0.669. The van der Waals surface area contributed by atoms with Crippen molar-refractivity contribution in [2.45, 2.75) is 0 Å². The lowest BCUT2D eigenvalue weighted by Gasteiger charge is -2.20. The van der Waals surface area contributed by atoms with Crippen LogP contribution in [-0.2, 0) is 0 Å². The lowest BCUT2D eigenvalue weighted by Crippen LogP contribution is -2.06. The van der Waals surface area contributed by atoms with E-state index in [1.54, 1.807) is 0 Å². The highest BCUT2D eigenvalue weighted by Crippen LogP contribution is 2.46. The summed E-state index contributed by atoms with van der Waals surface area (Å²) in [6, 6.07) is 35.8. The topological polar surface area (TPSA) is 39.9 Å². The van der Waals surface area contributed by atoms with Crippen molar-refractivity contribution >= 4 is 64.2 Å². The first-order chi connectivity index (χ1) is 18.3. The third-order valence-electron chi connectivity index (χ3n) is 7.42. The van der Waals surface area contributed by atoms with E-state index in [4.69, 9.17) is 14.7 Å². The maximum atomic E-state index is 6.21. The minimum absolute atomic E-state index is 0.669. The molecule has 0 bridgehead atoms. The predicted octanol–water partition coefficient (Wildman–Crippen LogP) is 8.87. The van der Waals surface area contributed by atoms with Crippen LogP contribution in [0.15, 0.2) is 103 Å². The molecule has 0 amide bonds. The van der Waals surface area contributed by atoms with E-state index < -0.39 is 0 Å². The smallest absolute Gasteiger partial charge is 0.235 e. The van der Waals surface area contributed by atoms with Crippen LogP contribution in [0, 0.1) is 0 Å². The molecule has 1 aliphatic heterocycles. The molecular weight excluding hydrogens is 474 g/mol. The third-order valence-corrected chi connectivity index (χ3v) is 8.62. The molecule has 0 unspecified atom stereocenters. The van der Waals surface area contributed by atoms with Gasteiger partial charge in [-0.25, -0.2) is 9.97 Å². The summed E-state index contributed by atoms with van der Waals surface area (Å²) in [4.78, 5) is 10.3. The first kappa shape index (κ1) is 19.4. The van der Waals surface area contributed by atoms with E-state index in [9.17, 15) is 0 Å². The fraction of sp³-hybridized carbons (Fsp3) is 0. The van der Waals surface area contributed by atoms with Crippen molar-refractivity contribution in [2.24, 2.45) is 0 Å². The Bertz CT molecular complexity index is 2240. The Morgan fingerprint density at radius 1 is 0.595 bits per heavy atom. The monoisotopic (exact) mass is 491 g/mol. The van der Waals surface area contributed by atoms with Crippen LogP contribution in [0.2, 0.25) is 0 Å². The molecule has 4 heterocycles. The van der Waals surface area contributed by atoms with Gasteiger partial charge in [-0.05, 0) is 42.5 Å². The number of nitrogens with zero attached hydrogens (tertiary/aromatic N) is 3. The summed E-state index contributed by atoms with van der Waals surface area (Å²) in [6.45, 7) is 0. The SMILES string of the molecule is c1ccc2c(c1)Oc1cccc3nc(-n4c5ccccc5c5c6sc7ccccc7c6ccc54)nc-2c13. The first-order valence-corrected chi connectivity index (χ1v) is 13.1. The average Bonchev–Trinajstić information content (AvgIpc) is 3.49. The van der Waals surface area contributed by atoms with E-state index in [-0.39, 0.29) is 0 Å². The molecule has 0 N–H and O–H groups in total. The molecule has 8 aromatic rings. The minimum Gasteiger partial charge on any atom is -0.456 e. The Balaban J connectivity index is 1.44. The third kappa shape index (κ3) is 2.51. The molecule has 0 atom stereocenters. The van der Waals surface area contributed by atoms with Gasteiger partial charge in [-0.1, -0.05) is 60.7 Å². The molecule has 1 aliphatic rings. The highest BCUT2D eigenvalue weighted by Gasteiger charge is 2.25. The van der Waals surface area contributed by atoms with Gasteiger partial charge in [0.25, 0.3) is 0 Å². The summed E-state index contributed by atoms with van der Waals surface area (Å²) in [6.07, 6.45) is 0. The molecule has 4 nitrogen and oxygen atoms in total. The number of ether oxygens (including phenoxy) is 1. The maximum Gasteiger partial charge on any atom is 0.235 e. The summed E-state index contributed by atoms with van der Waals surface area (Å²) >= 11 is 1.86. The second-order valence-electron chi connectivity index (χ2n) is 9.41. The molecule has 5 aromatic carbocycles. The zero-order valence-corrected chi connectivity index (χ0v) is 20.3. The van der Waals surface area contributed by atoms with Gasteiger partial charge in [-0.3, -0.25) is 4.57 Å². The number of thiophene rings is 1. The molecule has 0 fully saturated rings. The number of para-hydroxylation sites is 2. The Hall–Kier alpha value is -4.74. The van der Waals surface area contributed by atoms with Crippen LogP contribution in [0.25, 0.3) is 70.1 Å². The van der Waals surface area contributed by atoms with Gasteiger partial charge in [-0.2, -0.15) is 0 Å². The number of benzene rings is 5. The van der Waals surface area contributed by atoms with E-state index in [1.165, 1.54) is 30.9 Å². The van der Waals surface area contributed by atoms with Crippen molar-refractivity contribution in [1.82, 2.24) is 14.5 Å². The number of aromatic nitrogens is 3. The van der Waals surface area contributed by atoms with Gasteiger partial charge in [0.1, 0.15) is 11.5 Å². The lowest BCUT2D eigenvalue weighted by atomic mass is 10.0. The van der Waals surface area contributed by atoms with E-state index in [1.807, 2.05) is 47.7 Å². The van der Waals surface area contributed by atoms with Crippen LogP contribution in [0.4, 0.5) is 0 Å². The fourth-order valence-electron chi connectivity index (χ4n) is 5.84. The highest BCUT2D eigenvalue weighted by molar-refractivity contribution is 7.26. The predicted molar refractivity (Wildman–Crippen MR) is 152 cm³/mol. The van der Waals surface area contributed by atoms with Crippen LogP contribution in [0.5, 0.6) is 11.5 Å². The maximum absolute atomic E-state index is 6.21. The second-order valence-corrected chi connectivity index (χ2v) is 10.5. The number of hydrogen-bond acceptors (Lipinski definition) is 4. The standard InChI is InChI=1S/C32H17N3OS/c1-4-12-23-20(9-1)28-24(17-16-19-18-8-3-6-15-27(18)37-31(19)28)35(23)32-33-22-11-7-14-26-29(22)30(34-32)21-10-2-5-13-25(21)36-26/h1-17H. The highest BCUT2D eigenvalue weighted by atomic mass is 32.1. The van der Waals surface area contributed by atoms with Crippen LogP contribution in [0.1, 0.15) is 0 Å². The zero-order chi connectivity index (χ0) is 24.1. The molecule has 0 aliphatic carbocycles. The Kier molecular flexibility index (Phi) is 3.64. The van der Waals surface area contributed by atoms with Gasteiger partial charge in [0, 0.05) is 36.5 Å². The van der Waals surface area contributed by atoms with Gasteiger partial charge < -0.3 is 4.74 Å². The van der Waals surface area contributed by atoms with Crippen molar-refractivity contribution in [3.8, 4) is 28.7 Å². The fourth-order valence-corrected chi connectivity index (χ4v) is 7.10. The van der Waals surface area contributed by atoms with Crippen molar-refractivity contribution in [3.63, 3.8) is 0 Å².